The van der Waals surface area contributed by atoms with Crippen molar-refractivity contribution >= 4 is 0 Å². The van der Waals surface area contributed by atoms with Crippen molar-refractivity contribution in [1.82, 2.24) is 4.90 Å². The molecule has 2 atom stereocenters. The minimum atomic E-state index is -0.629. The lowest BCUT2D eigenvalue weighted by Crippen LogP contribution is -2.46. The van der Waals surface area contributed by atoms with Crippen molar-refractivity contribution in [2.24, 2.45) is 0 Å². The van der Waals surface area contributed by atoms with Crippen LogP contribution >= 0.6 is 0 Å². The van der Waals surface area contributed by atoms with E-state index in [2.05, 4.69) is 4.90 Å². The summed E-state index contributed by atoms with van der Waals surface area (Å²) < 4.78 is 24.0. The SMILES string of the molecule is COc1ccc(CC(O)C2CN(C)CCO2)cc1F. The van der Waals surface area contributed by atoms with E-state index in [4.69, 9.17) is 9.47 Å². The Kier molecular flexibility index (Phi) is 4.74. The van der Waals surface area contributed by atoms with Gasteiger partial charge in [-0.3, -0.25) is 0 Å². The third-order valence-corrected chi connectivity index (χ3v) is 3.39. The lowest BCUT2D eigenvalue weighted by atomic mass is 10.0. The molecule has 0 bridgehead atoms. The molecule has 4 nitrogen and oxygen atoms in total. The van der Waals surface area contributed by atoms with E-state index >= 15 is 0 Å². The summed E-state index contributed by atoms with van der Waals surface area (Å²) in [6.07, 6.45) is -0.473. The second kappa shape index (κ2) is 6.32. The van der Waals surface area contributed by atoms with Crippen molar-refractivity contribution in [3.63, 3.8) is 0 Å². The molecule has 0 radical (unpaired) electrons. The number of rotatable bonds is 4. The first-order valence-electron chi connectivity index (χ1n) is 6.41. The Bertz CT molecular complexity index is 427. The number of benzene rings is 1. The van der Waals surface area contributed by atoms with Gasteiger partial charge < -0.3 is 19.5 Å². The fourth-order valence-corrected chi connectivity index (χ4v) is 2.25. The number of morpholine rings is 1. The number of hydrogen-bond acceptors (Lipinski definition) is 4. The fourth-order valence-electron chi connectivity index (χ4n) is 2.25. The summed E-state index contributed by atoms with van der Waals surface area (Å²) in [4.78, 5) is 2.12. The summed E-state index contributed by atoms with van der Waals surface area (Å²) in [6, 6.07) is 4.73. The third-order valence-electron chi connectivity index (χ3n) is 3.39. The van der Waals surface area contributed by atoms with Crippen molar-refractivity contribution < 1.29 is 19.0 Å². The molecule has 1 aliphatic heterocycles. The molecule has 0 saturated carbocycles. The standard InChI is InChI=1S/C14H20FNO3/c1-16-5-6-19-14(9-16)12(17)8-10-3-4-13(18-2)11(15)7-10/h3-4,7,12,14,17H,5-6,8-9H2,1-2H3. The predicted octanol–water partition coefficient (Wildman–Crippen LogP) is 1.07. The van der Waals surface area contributed by atoms with Gasteiger partial charge in [0, 0.05) is 19.5 Å². The molecule has 106 valence electrons. The minimum absolute atomic E-state index is 0.215. The molecule has 1 saturated heterocycles. The van der Waals surface area contributed by atoms with Crippen LogP contribution in [0.3, 0.4) is 0 Å². The molecule has 19 heavy (non-hydrogen) atoms. The van der Waals surface area contributed by atoms with Gasteiger partial charge in [-0.1, -0.05) is 6.07 Å². The molecule has 1 heterocycles. The highest BCUT2D eigenvalue weighted by atomic mass is 19.1. The molecule has 2 rings (SSSR count). The second-order valence-corrected chi connectivity index (χ2v) is 4.91. The Hall–Kier alpha value is -1.17. The Balaban J connectivity index is 1.98. The average Bonchev–Trinajstić information content (AvgIpc) is 2.39. The number of methoxy groups -OCH3 is 1. The lowest BCUT2D eigenvalue weighted by Gasteiger charge is -2.33. The van der Waals surface area contributed by atoms with Gasteiger partial charge in [0.15, 0.2) is 11.6 Å². The number of likely N-dealkylation sites (N-methyl/N-ethyl adjacent to an activating group) is 1. The molecule has 1 fully saturated rings. The van der Waals surface area contributed by atoms with Crippen LogP contribution in [-0.2, 0) is 11.2 Å². The molecule has 1 aromatic rings. The van der Waals surface area contributed by atoms with E-state index < -0.39 is 11.9 Å². The van der Waals surface area contributed by atoms with E-state index in [-0.39, 0.29) is 11.9 Å². The maximum absolute atomic E-state index is 13.6. The first kappa shape index (κ1) is 14.2. The average molecular weight is 269 g/mol. The Morgan fingerprint density at radius 3 is 3.00 bits per heavy atom. The summed E-state index contributed by atoms with van der Waals surface area (Å²) >= 11 is 0. The highest BCUT2D eigenvalue weighted by molar-refractivity contribution is 5.29. The molecule has 5 heteroatoms. The smallest absolute Gasteiger partial charge is 0.165 e. The summed E-state index contributed by atoms with van der Waals surface area (Å²) in [5.74, 6) is -0.194. The summed E-state index contributed by atoms with van der Waals surface area (Å²) in [7, 11) is 3.42. The molecule has 0 aromatic heterocycles. The number of nitrogens with zero attached hydrogens (tertiary/aromatic N) is 1. The number of halogens is 1. The zero-order chi connectivity index (χ0) is 13.8. The lowest BCUT2D eigenvalue weighted by molar-refractivity contribution is -0.0823. The summed E-state index contributed by atoms with van der Waals surface area (Å²) in [6.45, 7) is 2.19. The van der Waals surface area contributed by atoms with E-state index in [1.54, 1.807) is 12.1 Å². The van der Waals surface area contributed by atoms with Crippen LogP contribution < -0.4 is 4.74 Å². The van der Waals surface area contributed by atoms with Gasteiger partial charge in [0.25, 0.3) is 0 Å². The number of aliphatic hydroxyl groups is 1. The summed E-state index contributed by atoms with van der Waals surface area (Å²) in [5.41, 5.74) is 0.739. The molecular weight excluding hydrogens is 249 g/mol. The van der Waals surface area contributed by atoms with Crippen molar-refractivity contribution in [3.8, 4) is 5.75 Å². The molecular formula is C14H20FNO3. The van der Waals surface area contributed by atoms with Gasteiger partial charge in [0.2, 0.25) is 0 Å². The van der Waals surface area contributed by atoms with Crippen LogP contribution in [0.25, 0.3) is 0 Å². The van der Waals surface area contributed by atoms with Crippen molar-refractivity contribution in [2.75, 3.05) is 33.9 Å². The van der Waals surface area contributed by atoms with Crippen LogP contribution in [0.4, 0.5) is 4.39 Å². The van der Waals surface area contributed by atoms with Crippen LogP contribution in [0.1, 0.15) is 5.56 Å². The quantitative estimate of drug-likeness (QED) is 0.888. The predicted molar refractivity (Wildman–Crippen MR) is 69.9 cm³/mol. The first-order chi connectivity index (χ1) is 9.10. The zero-order valence-electron chi connectivity index (χ0n) is 11.3. The highest BCUT2D eigenvalue weighted by Crippen LogP contribution is 2.20. The second-order valence-electron chi connectivity index (χ2n) is 4.91. The van der Waals surface area contributed by atoms with E-state index in [9.17, 15) is 9.50 Å². The molecule has 1 aliphatic rings. The normalized spacial score (nSPS) is 22.2. The summed E-state index contributed by atoms with van der Waals surface area (Å²) in [5, 5.41) is 10.2. The Morgan fingerprint density at radius 1 is 1.58 bits per heavy atom. The van der Waals surface area contributed by atoms with Crippen molar-refractivity contribution in [2.45, 2.75) is 18.6 Å². The monoisotopic (exact) mass is 269 g/mol. The van der Waals surface area contributed by atoms with Crippen molar-refractivity contribution in [1.29, 1.82) is 0 Å². The molecule has 2 unspecified atom stereocenters. The van der Waals surface area contributed by atoms with Gasteiger partial charge >= 0.3 is 0 Å². The number of hydrogen-bond donors (Lipinski definition) is 1. The fraction of sp³-hybridized carbons (Fsp3) is 0.571. The highest BCUT2D eigenvalue weighted by Gasteiger charge is 2.25. The van der Waals surface area contributed by atoms with Crippen LogP contribution in [0.5, 0.6) is 5.75 Å². The number of aliphatic hydroxyl groups excluding tert-OH is 1. The minimum Gasteiger partial charge on any atom is -0.494 e. The van der Waals surface area contributed by atoms with E-state index in [0.717, 1.165) is 12.1 Å². The Morgan fingerprint density at radius 2 is 2.37 bits per heavy atom. The molecule has 0 spiro atoms. The van der Waals surface area contributed by atoms with Gasteiger partial charge in [-0.2, -0.15) is 0 Å². The van der Waals surface area contributed by atoms with Gasteiger partial charge in [0.1, 0.15) is 0 Å². The number of ether oxygens (including phenoxy) is 2. The topological polar surface area (TPSA) is 41.9 Å². The maximum atomic E-state index is 13.6. The van der Waals surface area contributed by atoms with E-state index in [1.165, 1.54) is 13.2 Å². The van der Waals surface area contributed by atoms with E-state index in [0.29, 0.717) is 19.6 Å². The van der Waals surface area contributed by atoms with Crippen LogP contribution in [0, 0.1) is 5.82 Å². The Labute approximate surface area is 112 Å². The largest absolute Gasteiger partial charge is 0.494 e. The first-order valence-corrected chi connectivity index (χ1v) is 6.41. The van der Waals surface area contributed by atoms with E-state index in [1.807, 2.05) is 7.05 Å². The maximum Gasteiger partial charge on any atom is 0.165 e. The molecule has 1 N–H and O–H groups in total. The van der Waals surface area contributed by atoms with Gasteiger partial charge in [-0.15, -0.1) is 0 Å². The molecule has 0 amide bonds. The third kappa shape index (κ3) is 3.65. The van der Waals surface area contributed by atoms with Crippen LogP contribution in [0.15, 0.2) is 18.2 Å². The van der Waals surface area contributed by atoms with Gasteiger partial charge in [-0.05, 0) is 24.7 Å². The van der Waals surface area contributed by atoms with Crippen molar-refractivity contribution in [3.05, 3.63) is 29.6 Å². The van der Waals surface area contributed by atoms with Gasteiger partial charge in [0.05, 0.1) is 25.9 Å². The van der Waals surface area contributed by atoms with Crippen LogP contribution in [-0.4, -0.2) is 56.1 Å². The zero-order valence-corrected chi connectivity index (χ0v) is 11.3. The molecule has 0 aliphatic carbocycles. The van der Waals surface area contributed by atoms with Gasteiger partial charge in [-0.25, -0.2) is 4.39 Å². The molecule has 1 aromatic carbocycles. The van der Waals surface area contributed by atoms with Crippen LogP contribution in [0.2, 0.25) is 0 Å².